The summed E-state index contributed by atoms with van der Waals surface area (Å²) >= 11 is 11.3. The monoisotopic (exact) mass is 333 g/mol. The third kappa shape index (κ3) is 4.44. The number of nitrogens with zero attached hydrogens (tertiary/aromatic N) is 1. The Kier molecular flexibility index (Phi) is 5.75. The van der Waals surface area contributed by atoms with Crippen molar-refractivity contribution in [3.63, 3.8) is 0 Å². The Labute approximate surface area is 140 Å². The Morgan fingerprint density at radius 1 is 1.18 bits per heavy atom. The van der Waals surface area contributed by atoms with E-state index in [1.165, 1.54) is 0 Å². The number of anilines is 1. The maximum atomic E-state index is 6.13. The van der Waals surface area contributed by atoms with Crippen molar-refractivity contribution in [1.82, 2.24) is 5.43 Å². The average molecular weight is 334 g/mol. The highest BCUT2D eigenvalue weighted by Gasteiger charge is 2.03. The zero-order chi connectivity index (χ0) is 15.9. The third-order valence-electron chi connectivity index (χ3n) is 2.92. The minimum Gasteiger partial charge on any atom is -0.497 e. The summed E-state index contributed by atoms with van der Waals surface area (Å²) in [7, 11) is 1.62. The van der Waals surface area contributed by atoms with Crippen molar-refractivity contribution in [3.05, 3.63) is 59.1 Å². The average Bonchev–Trinajstić information content (AvgIpc) is 2.53. The molecule has 0 aliphatic heterocycles. The van der Waals surface area contributed by atoms with Crippen LogP contribution in [0, 0.1) is 0 Å². The molecule has 0 atom stereocenters. The van der Waals surface area contributed by atoms with Gasteiger partial charge in [-0.25, -0.2) is 0 Å². The first kappa shape index (κ1) is 16.3. The Hall–Kier alpha value is -2.11. The number of hydrazone groups is 1. The predicted octanol–water partition coefficient (Wildman–Crippen LogP) is 4.06. The molecule has 0 unspecified atom stereocenters. The summed E-state index contributed by atoms with van der Waals surface area (Å²) in [5.41, 5.74) is 5.24. The summed E-state index contributed by atoms with van der Waals surface area (Å²) in [5.74, 6) is 0.753. The highest BCUT2D eigenvalue weighted by Crippen LogP contribution is 2.17. The van der Waals surface area contributed by atoms with E-state index in [9.17, 15) is 0 Å². The molecular formula is C16H16ClN3OS. The molecule has 0 spiro atoms. The van der Waals surface area contributed by atoms with Gasteiger partial charge in [0.2, 0.25) is 0 Å². The van der Waals surface area contributed by atoms with E-state index in [0.29, 0.717) is 10.1 Å². The zero-order valence-corrected chi connectivity index (χ0v) is 13.8. The lowest BCUT2D eigenvalue weighted by atomic mass is 10.1. The zero-order valence-electron chi connectivity index (χ0n) is 12.3. The number of nitrogens with one attached hydrogen (secondary N) is 2. The minimum absolute atomic E-state index is 0.389. The fourth-order valence-electron chi connectivity index (χ4n) is 1.81. The normalized spacial score (nSPS) is 11.0. The number of rotatable bonds is 4. The SMILES string of the molecule is COc1cccc(NC(=S)N/N=C(\C)c2ccccc2Cl)c1. The summed E-state index contributed by atoms with van der Waals surface area (Å²) in [4.78, 5) is 0. The fourth-order valence-corrected chi connectivity index (χ4v) is 2.25. The molecule has 114 valence electrons. The van der Waals surface area contributed by atoms with Gasteiger partial charge in [0.15, 0.2) is 5.11 Å². The summed E-state index contributed by atoms with van der Waals surface area (Å²) in [6.07, 6.45) is 0. The number of benzene rings is 2. The van der Waals surface area contributed by atoms with Crippen LogP contribution in [0.4, 0.5) is 5.69 Å². The Morgan fingerprint density at radius 2 is 1.95 bits per heavy atom. The van der Waals surface area contributed by atoms with Crippen molar-refractivity contribution >= 4 is 40.3 Å². The van der Waals surface area contributed by atoms with Crippen LogP contribution in [0.3, 0.4) is 0 Å². The standard InChI is InChI=1S/C16H16ClN3OS/c1-11(14-8-3-4-9-15(14)17)19-20-16(22)18-12-6-5-7-13(10-12)21-2/h3-10H,1-2H3,(H2,18,20,22)/b19-11+. The first-order chi connectivity index (χ1) is 10.6. The number of halogens is 1. The molecule has 0 radical (unpaired) electrons. The van der Waals surface area contributed by atoms with Gasteiger partial charge in [-0.2, -0.15) is 5.10 Å². The van der Waals surface area contributed by atoms with Crippen molar-refractivity contribution in [2.75, 3.05) is 12.4 Å². The topological polar surface area (TPSA) is 45.6 Å². The van der Waals surface area contributed by atoms with Crippen LogP contribution >= 0.6 is 23.8 Å². The van der Waals surface area contributed by atoms with Crippen molar-refractivity contribution in [2.45, 2.75) is 6.92 Å². The van der Waals surface area contributed by atoms with Gasteiger partial charge in [0.05, 0.1) is 12.8 Å². The van der Waals surface area contributed by atoms with Gasteiger partial charge < -0.3 is 10.1 Å². The number of hydrogen-bond donors (Lipinski definition) is 2. The number of methoxy groups -OCH3 is 1. The van der Waals surface area contributed by atoms with E-state index in [0.717, 1.165) is 22.7 Å². The minimum atomic E-state index is 0.389. The van der Waals surface area contributed by atoms with Gasteiger partial charge in [-0.1, -0.05) is 35.9 Å². The van der Waals surface area contributed by atoms with Crippen LogP contribution in [0.25, 0.3) is 0 Å². The fraction of sp³-hybridized carbons (Fsp3) is 0.125. The maximum absolute atomic E-state index is 6.13. The van der Waals surface area contributed by atoms with Crippen LogP contribution in [0.1, 0.15) is 12.5 Å². The summed E-state index contributed by atoms with van der Waals surface area (Å²) in [6, 6.07) is 15.0. The van der Waals surface area contributed by atoms with Crippen molar-refractivity contribution in [2.24, 2.45) is 5.10 Å². The maximum Gasteiger partial charge on any atom is 0.191 e. The molecule has 0 aliphatic carbocycles. The lowest BCUT2D eigenvalue weighted by Gasteiger charge is -2.09. The first-order valence-electron chi connectivity index (χ1n) is 6.60. The molecule has 0 heterocycles. The van der Waals surface area contributed by atoms with E-state index >= 15 is 0 Å². The molecular weight excluding hydrogens is 318 g/mol. The molecule has 2 aromatic carbocycles. The lowest BCUT2D eigenvalue weighted by molar-refractivity contribution is 0.415. The van der Waals surface area contributed by atoms with Crippen LogP contribution in [-0.4, -0.2) is 17.9 Å². The second kappa shape index (κ2) is 7.77. The van der Waals surface area contributed by atoms with Crippen LogP contribution in [0.2, 0.25) is 5.02 Å². The smallest absolute Gasteiger partial charge is 0.191 e. The van der Waals surface area contributed by atoms with E-state index < -0.39 is 0 Å². The largest absolute Gasteiger partial charge is 0.497 e. The summed E-state index contributed by atoms with van der Waals surface area (Å²) in [6.45, 7) is 1.86. The number of thiocarbonyl (C=S) groups is 1. The Bertz CT molecular complexity index is 703. The molecule has 2 rings (SSSR count). The second-order valence-electron chi connectivity index (χ2n) is 4.47. The van der Waals surface area contributed by atoms with Crippen LogP contribution < -0.4 is 15.5 Å². The van der Waals surface area contributed by atoms with Crippen LogP contribution in [-0.2, 0) is 0 Å². The van der Waals surface area contributed by atoms with E-state index in [1.54, 1.807) is 7.11 Å². The molecule has 2 N–H and O–H groups in total. The number of ether oxygens (including phenoxy) is 1. The van der Waals surface area contributed by atoms with E-state index in [4.69, 9.17) is 28.6 Å². The molecule has 4 nitrogen and oxygen atoms in total. The van der Waals surface area contributed by atoms with Crippen LogP contribution in [0.5, 0.6) is 5.75 Å². The number of hydrogen-bond acceptors (Lipinski definition) is 3. The Balaban J connectivity index is 2.00. The van der Waals surface area contributed by atoms with E-state index in [-0.39, 0.29) is 0 Å². The molecule has 22 heavy (non-hydrogen) atoms. The van der Waals surface area contributed by atoms with Crippen molar-refractivity contribution in [1.29, 1.82) is 0 Å². The van der Waals surface area contributed by atoms with Gasteiger partial charge in [-0.15, -0.1) is 0 Å². The molecule has 0 amide bonds. The van der Waals surface area contributed by atoms with Gasteiger partial charge in [0.25, 0.3) is 0 Å². The molecule has 0 aliphatic rings. The molecule has 0 fully saturated rings. The predicted molar refractivity (Wildman–Crippen MR) is 96.0 cm³/mol. The molecule has 6 heteroatoms. The summed E-state index contributed by atoms with van der Waals surface area (Å²) < 4.78 is 5.16. The van der Waals surface area contributed by atoms with Crippen LogP contribution in [0.15, 0.2) is 53.6 Å². The molecule has 0 saturated carbocycles. The highest BCUT2D eigenvalue weighted by molar-refractivity contribution is 7.80. The van der Waals surface area contributed by atoms with E-state index in [2.05, 4.69) is 15.8 Å². The van der Waals surface area contributed by atoms with Crippen molar-refractivity contribution < 1.29 is 4.74 Å². The van der Waals surface area contributed by atoms with Gasteiger partial charge in [0, 0.05) is 22.3 Å². The highest BCUT2D eigenvalue weighted by atomic mass is 35.5. The molecule has 2 aromatic rings. The van der Waals surface area contributed by atoms with Gasteiger partial charge in [-0.3, -0.25) is 5.43 Å². The summed E-state index contributed by atoms with van der Waals surface area (Å²) in [5, 5.41) is 8.32. The molecule has 0 bridgehead atoms. The van der Waals surface area contributed by atoms with Gasteiger partial charge in [-0.05, 0) is 37.3 Å². The van der Waals surface area contributed by atoms with E-state index in [1.807, 2.05) is 55.5 Å². The molecule has 0 aromatic heterocycles. The quantitative estimate of drug-likeness (QED) is 0.503. The van der Waals surface area contributed by atoms with Crippen molar-refractivity contribution in [3.8, 4) is 5.75 Å². The Morgan fingerprint density at radius 3 is 2.68 bits per heavy atom. The lowest BCUT2D eigenvalue weighted by Crippen LogP contribution is -2.25. The van der Waals surface area contributed by atoms with Gasteiger partial charge in [0.1, 0.15) is 5.75 Å². The second-order valence-corrected chi connectivity index (χ2v) is 5.29. The first-order valence-corrected chi connectivity index (χ1v) is 7.39. The van der Waals surface area contributed by atoms with Gasteiger partial charge >= 0.3 is 0 Å². The third-order valence-corrected chi connectivity index (χ3v) is 3.44. The molecule has 0 saturated heterocycles.